The van der Waals surface area contributed by atoms with Crippen molar-refractivity contribution in [1.29, 1.82) is 0 Å². The molecule has 0 bridgehead atoms. The highest BCUT2D eigenvalue weighted by molar-refractivity contribution is 5.96. The van der Waals surface area contributed by atoms with Crippen molar-refractivity contribution in [3.63, 3.8) is 0 Å². The molecule has 0 radical (unpaired) electrons. The van der Waals surface area contributed by atoms with Gasteiger partial charge in [0.1, 0.15) is 6.04 Å². The summed E-state index contributed by atoms with van der Waals surface area (Å²) >= 11 is 0. The normalized spacial score (nSPS) is 11.6. The number of hydrogen-bond acceptors (Lipinski definition) is 6. The first-order valence-electron chi connectivity index (χ1n) is 8.28. The molecular formula is C18H17N5O5. The SMILES string of the molecule is COC(=O)[C@H](Cc1c[nH]n(-c2ccc(=O)[nH]n2)c1=O)NC(=O)c1ccccc1. The van der Waals surface area contributed by atoms with Crippen molar-refractivity contribution in [2.24, 2.45) is 0 Å². The molecule has 0 aliphatic rings. The summed E-state index contributed by atoms with van der Waals surface area (Å²) in [6.07, 6.45) is 1.32. The standard InChI is InChI=1S/C18H17N5O5/c1-28-18(27)13(20-16(25)11-5-3-2-4-6-11)9-12-10-19-23(17(12)26)14-7-8-15(24)22-21-14/h2-8,10,13,19H,9H2,1H3,(H,20,25)(H,22,24)/t13-/m0/s1. The quantitative estimate of drug-likeness (QED) is 0.502. The van der Waals surface area contributed by atoms with Crippen LogP contribution in [-0.4, -0.2) is 45.0 Å². The van der Waals surface area contributed by atoms with E-state index in [1.807, 2.05) is 0 Å². The predicted molar refractivity (Wildman–Crippen MR) is 98.2 cm³/mol. The van der Waals surface area contributed by atoms with Crippen LogP contribution in [0, 0.1) is 0 Å². The molecule has 3 aromatic rings. The Labute approximate surface area is 158 Å². The number of nitrogens with zero attached hydrogens (tertiary/aromatic N) is 2. The lowest BCUT2D eigenvalue weighted by Crippen LogP contribution is -2.43. The minimum atomic E-state index is -1.06. The summed E-state index contributed by atoms with van der Waals surface area (Å²) in [6.45, 7) is 0. The Morgan fingerprint density at radius 1 is 1.18 bits per heavy atom. The molecule has 0 aliphatic heterocycles. The number of aromatic amines is 2. The first kappa shape index (κ1) is 18.8. The average Bonchev–Trinajstić information content (AvgIpc) is 3.08. The number of esters is 1. The van der Waals surface area contributed by atoms with Gasteiger partial charge in [0.05, 0.1) is 7.11 Å². The Hall–Kier alpha value is -3.95. The molecule has 144 valence electrons. The van der Waals surface area contributed by atoms with Gasteiger partial charge in [-0.1, -0.05) is 18.2 Å². The van der Waals surface area contributed by atoms with Gasteiger partial charge < -0.3 is 10.1 Å². The number of H-pyrrole nitrogens is 2. The van der Waals surface area contributed by atoms with E-state index in [0.717, 1.165) is 4.68 Å². The van der Waals surface area contributed by atoms with E-state index in [1.54, 1.807) is 30.3 Å². The molecule has 0 saturated carbocycles. The molecule has 28 heavy (non-hydrogen) atoms. The first-order chi connectivity index (χ1) is 13.5. The fourth-order valence-electron chi connectivity index (χ4n) is 2.57. The van der Waals surface area contributed by atoms with Crippen molar-refractivity contribution in [3.05, 3.63) is 80.5 Å². The maximum Gasteiger partial charge on any atom is 0.328 e. The maximum absolute atomic E-state index is 12.6. The molecule has 0 unspecified atom stereocenters. The molecule has 10 nitrogen and oxygen atoms in total. The zero-order valence-corrected chi connectivity index (χ0v) is 14.8. The topological polar surface area (TPSA) is 139 Å². The second-order valence-electron chi connectivity index (χ2n) is 5.84. The van der Waals surface area contributed by atoms with Gasteiger partial charge in [0.25, 0.3) is 17.0 Å². The molecule has 2 heterocycles. The van der Waals surface area contributed by atoms with Gasteiger partial charge in [0.2, 0.25) is 0 Å². The number of benzene rings is 1. The van der Waals surface area contributed by atoms with Crippen molar-refractivity contribution in [3.8, 4) is 5.82 Å². The molecule has 1 aromatic carbocycles. The van der Waals surface area contributed by atoms with Crippen molar-refractivity contribution in [2.45, 2.75) is 12.5 Å². The Bertz CT molecular complexity index is 1080. The molecule has 1 amide bonds. The summed E-state index contributed by atoms with van der Waals surface area (Å²) in [6, 6.07) is 9.92. The highest BCUT2D eigenvalue weighted by atomic mass is 16.5. The Kier molecular flexibility index (Phi) is 5.49. The van der Waals surface area contributed by atoms with E-state index in [9.17, 15) is 19.2 Å². The third kappa shape index (κ3) is 4.06. The summed E-state index contributed by atoms with van der Waals surface area (Å²) < 4.78 is 5.85. The average molecular weight is 383 g/mol. The fourth-order valence-corrected chi connectivity index (χ4v) is 2.57. The molecule has 2 aromatic heterocycles. The van der Waals surface area contributed by atoms with Crippen LogP contribution in [-0.2, 0) is 16.0 Å². The van der Waals surface area contributed by atoms with Gasteiger partial charge in [-0.2, -0.15) is 9.78 Å². The van der Waals surface area contributed by atoms with E-state index >= 15 is 0 Å². The van der Waals surface area contributed by atoms with Gasteiger partial charge in [0, 0.05) is 29.8 Å². The van der Waals surface area contributed by atoms with Crippen molar-refractivity contribution >= 4 is 11.9 Å². The third-order valence-corrected chi connectivity index (χ3v) is 3.99. The molecule has 3 N–H and O–H groups in total. The highest BCUT2D eigenvalue weighted by Crippen LogP contribution is 2.05. The Morgan fingerprint density at radius 2 is 1.93 bits per heavy atom. The van der Waals surface area contributed by atoms with E-state index < -0.39 is 29.0 Å². The van der Waals surface area contributed by atoms with E-state index in [-0.39, 0.29) is 17.8 Å². The molecule has 3 rings (SSSR count). The summed E-state index contributed by atoms with van der Waals surface area (Å²) in [5.41, 5.74) is -0.266. The second-order valence-corrected chi connectivity index (χ2v) is 5.84. The van der Waals surface area contributed by atoms with Crippen molar-refractivity contribution in [1.82, 2.24) is 25.3 Å². The van der Waals surface area contributed by atoms with Crippen LogP contribution >= 0.6 is 0 Å². The van der Waals surface area contributed by atoms with Crippen molar-refractivity contribution in [2.75, 3.05) is 7.11 Å². The Balaban J connectivity index is 1.83. The van der Waals surface area contributed by atoms with Gasteiger partial charge in [-0.05, 0) is 18.2 Å². The molecule has 0 fully saturated rings. The minimum absolute atomic E-state index is 0.0864. The van der Waals surface area contributed by atoms with Crippen LogP contribution in [0.5, 0.6) is 0 Å². The van der Waals surface area contributed by atoms with Gasteiger partial charge in [-0.25, -0.2) is 9.89 Å². The smallest absolute Gasteiger partial charge is 0.328 e. The zero-order chi connectivity index (χ0) is 20.1. The lowest BCUT2D eigenvalue weighted by molar-refractivity contribution is -0.142. The molecule has 0 saturated heterocycles. The number of aromatic nitrogens is 4. The molecule has 0 spiro atoms. The molecule has 1 atom stereocenters. The van der Waals surface area contributed by atoms with E-state index in [0.29, 0.717) is 5.56 Å². The fraction of sp³-hybridized carbons (Fsp3) is 0.167. The number of rotatable bonds is 6. The van der Waals surface area contributed by atoms with E-state index in [2.05, 4.69) is 20.6 Å². The van der Waals surface area contributed by atoms with Gasteiger partial charge in [-0.3, -0.25) is 19.5 Å². The van der Waals surface area contributed by atoms with Crippen LogP contribution in [0.25, 0.3) is 5.82 Å². The molecule has 0 aliphatic carbocycles. The van der Waals surface area contributed by atoms with E-state index in [4.69, 9.17) is 4.74 Å². The van der Waals surface area contributed by atoms with Crippen LogP contribution in [0.4, 0.5) is 0 Å². The van der Waals surface area contributed by atoms with E-state index in [1.165, 1.54) is 25.4 Å². The summed E-state index contributed by atoms with van der Waals surface area (Å²) in [4.78, 5) is 48.2. The predicted octanol–water partition coefficient (Wildman–Crippen LogP) is -0.237. The number of methoxy groups -OCH3 is 1. The van der Waals surface area contributed by atoms with Crippen molar-refractivity contribution < 1.29 is 14.3 Å². The number of hydrogen-bond donors (Lipinski definition) is 3. The number of amides is 1. The summed E-state index contributed by atoms with van der Waals surface area (Å²) in [5, 5.41) is 11.3. The molecule has 10 heteroatoms. The lowest BCUT2D eigenvalue weighted by atomic mass is 10.1. The summed E-state index contributed by atoms with van der Waals surface area (Å²) in [7, 11) is 1.20. The number of carbonyl (C=O) groups excluding carboxylic acids is 2. The van der Waals surface area contributed by atoms with Crippen LogP contribution in [0.2, 0.25) is 0 Å². The zero-order valence-electron chi connectivity index (χ0n) is 14.8. The van der Waals surface area contributed by atoms with Gasteiger partial charge in [-0.15, -0.1) is 0 Å². The van der Waals surface area contributed by atoms with Crippen LogP contribution in [0.1, 0.15) is 15.9 Å². The number of carbonyl (C=O) groups is 2. The van der Waals surface area contributed by atoms with Gasteiger partial charge >= 0.3 is 5.97 Å². The highest BCUT2D eigenvalue weighted by Gasteiger charge is 2.25. The number of nitrogens with one attached hydrogen (secondary N) is 3. The third-order valence-electron chi connectivity index (χ3n) is 3.99. The Morgan fingerprint density at radius 3 is 2.57 bits per heavy atom. The monoisotopic (exact) mass is 383 g/mol. The first-order valence-corrected chi connectivity index (χ1v) is 8.28. The number of ether oxygens (including phenoxy) is 1. The maximum atomic E-state index is 12.6. The summed E-state index contributed by atoms with van der Waals surface area (Å²) in [5.74, 6) is -0.966. The minimum Gasteiger partial charge on any atom is -0.467 e. The lowest BCUT2D eigenvalue weighted by Gasteiger charge is -2.15. The second kappa shape index (κ2) is 8.16. The molecular weight excluding hydrogens is 366 g/mol. The van der Waals surface area contributed by atoms with Gasteiger partial charge in [0.15, 0.2) is 5.82 Å². The van der Waals surface area contributed by atoms with Crippen LogP contribution in [0.3, 0.4) is 0 Å². The largest absolute Gasteiger partial charge is 0.467 e. The van der Waals surface area contributed by atoms with Crippen LogP contribution in [0.15, 0.2) is 58.3 Å². The van der Waals surface area contributed by atoms with Crippen LogP contribution < -0.4 is 16.4 Å².